The molecule has 33 heavy (non-hydrogen) atoms. The fourth-order valence-corrected chi connectivity index (χ4v) is 6.05. The number of methoxy groups -OCH3 is 1. The number of anilines is 2. The zero-order valence-electron chi connectivity index (χ0n) is 18.0. The number of nitriles is 1. The maximum absolute atomic E-state index is 12.9. The van der Waals surface area contributed by atoms with E-state index in [2.05, 4.69) is 31.6 Å². The number of ether oxygens (including phenoxy) is 1. The van der Waals surface area contributed by atoms with Gasteiger partial charge in [0.15, 0.2) is 0 Å². The molecule has 4 heterocycles. The Hall–Kier alpha value is -3.71. The molecule has 10 heteroatoms. The van der Waals surface area contributed by atoms with Crippen molar-refractivity contribution < 1.29 is 9.53 Å². The number of nitrogens with one attached hydrogen (secondary N) is 2. The summed E-state index contributed by atoms with van der Waals surface area (Å²) in [7, 11) is 1.64. The lowest BCUT2D eigenvalue weighted by atomic mass is 9.85. The van der Waals surface area contributed by atoms with Gasteiger partial charge in [-0.25, -0.2) is 9.97 Å². The molecule has 0 bridgehead atoms. The summed E-state index contributed by atoms with van der Waals surface area (Å²) in [6.07, 6.45) is 5.66. The van der Waals surface area contributed by atoms with Gasteiger partial charge in [0, 0.05) is 35.3 Å². The van der Waals surface area contributed by atoms with Gasteiger partial charge in [-0.2, -0.15) is 10.4 Å². The first-order chi connectivity index (χ1) is 16.1. The summed E-state index contributed by atoms with van der Waals surface area (Å²) in [5.74, 6) is 1.56. The van der Waals surface area contributed by atoms with Crippen LogP contribution in [0, 0.1) is 23.2 Å². The molecule has 1 amide bonds. The van der Waals surface area contributed by atoms with Crippen molar-refractivity contribution in [2.75, 3.05) is 25.5 Å². The van der Waals surface area contributed by atoms with Gasteiger partial charge in [0.1, 0.15) is 22.7 Å². The van der Waals surface area contributed by atoms with Crippen LogP contribution in [0.25, 0.3) is 21.1 Å². The number of fused-ring (bicyclic) bond motifs is 4. The van der Waals surface area contributed by atoms with Crippen LogP contribution >= 0.6 is 11.3 Å². The van der Waals surface area contributed by atoms with Crippen LogP contribution in [0.3, 0.4) is 0 Å². The van der Waals surface area contributed by atoms with Crippen molar-refractivity contribution in [2.24, 2.45) is 11.8 Å². The number of benzene rings is 1. The van der Waals surface area contributed by atoms with Crippen LogP contribution in [0.4, 0.5) is 11.5 Å². The van der Waals surface area contributed by atoms with Gasteiger partial charge in [-0.3, -0.25) is 9.89 Å². The molecule has 1 aliphatic heterocycles. The van der Waals surface area contributed by atoms with Crippen LogP contribution in [0.15, 0.2) is 24.7 Å². The Morgan fingerprint density at radius 3 is 3.06 bits per heavy atom. The molecule has 2 N–H and O–H groups in total. The van der Waals surface area contributed by atoms with E-state index >= 15 is 0 Å². The first-order valence-electron chi connectivity index (χ1n) is 10.9. The van der Waals surface area contributed by atoms with Gasteiger partial charge in [-0.15, -0.1) is 11.3 Å². The van der Waals surface area contributed by atoms with Gasteiger partial charge in [0.05, 0.1) is 41.9 Å². The van der Waals surface area contributed by atoms with Crippen molar-refractivity contribution in [3.8, 4) is 11.8 Å². The highest BCUT2D eigenvalue weighted by Crippen LogP contribution is 2.42. The Morgan fingerprint density at radius 1 is 1.36 bits per heavy atom. The van der Waals surface area contributed by atoms with E-state index in [-0.39, 0.29) is 17.7 Å². The minimum absolute atomic E-state index is 0.0143. The van der Waals surface area contributed by atoms with Crippen LogP contribution in [-0.2, 0) is 17.6 Å². The summed E-state index contributed by atoms with van der Waals surface area (Å²) in [5.41, 5.74) is 2.93. The van der Waals surface area contributed by atoms with E-state index in [1.165, 1.54) is 10.4 Å². The van der Waals surface area contributed by atoms with Crippen LogP contribution in [0.5, 0.6) is 5.75 Å². The van der Waals surface area contributed by atoms with E-state index in [1.807, 2.05) is 17.0 Å². The molecule has 0 radical (unpaired) electrons. The third-order valence-corrected chi connectivity index (χ3v) is 7.75. The van der Waals surface area contributed by atoms with E-state index in [0.717, 1.165) is 45.5 Å². The second-order valence-corrected chi connectivity index (χ2v) is 9.63. The van der Waals surface area contributed by atoms with E-state index in [4.69, 9.17) is 10.00 Å². The lowest BCUT2D eigenvalue weighted by molar-refractivity contribution is -0.141. The number of carbonyl (C=O) groups excluding carboxylic acids is 1. The molecule has 1 aromatic carbocycles. The number of likely N-dealkylation sites (tertiary alicyclic amines) is 1. The molecule has 0 spiro atoms. The standard InChI is InChI=1S/C23H21N7O2S/c1-32-18-6-16-14(8-27-29-16)4-17(18)28-21-20-15-3-2-13(23(31)30-9-12(7-24)10-30)5-19(15)33-22(20)26-11-25-21/h4,6,8,11-13H,2-3,5,9-10H2,1H3,(H,27,29)(H,25,26,28). The van der Waals surface area contributed by atoms with Crippen molar-refractivity contribution in [2.45, 2.75) is 19.3 Å². The molecule has 9 nitrogen and oxygen atoms in total. The minimum atomic E-state index is -0.0295. The largest absolute Gasteiger partial charge is 0.494 e. The number of carbonyl (C=O) groups is 1. The molecule has 1 saturated heterocycles. The maximum atomic E-state index is 12.9. The number of aromatic nitrogens is 4. The summed E-state index contributed by atoms with van der Waals surface area (Å²) < 4.78 is 5.58. The molecule has 1 atom stereocenters. The van der Waals surface area contributed by atoms with Gasteiger partial charge < -0.3 is 15.0 Å². The van der Waals surface area contributed by atoms with Gasteiger partial charge >= 0.3 is 0 Å². The van der Waals surface area contributed by atoms with Crippen molar-refractivity contribution in [3.05, 3.63) is 35.1 Å². The van der Waals surface area contributed by atoms with E-state index in [0.29, 0.717) is 25.3 Å². The molecule has 2 aliphatic rings. The van der Waals surface area contributed by atoms with Crippen LogP contribution < -0.4 is 10.1 Å². The van der Waals surface area contributed by atoms with Crippen molar-refractivity contribution in [3.63, 3.8) is 0 Å². The normalized spacial score (nSPS) is 18.1. The summed E-state index contributed by atoms with van der Waals surface area (Å²) in [6.45, 7) is 1.13. The molecule has 0 saturated carbocycles. The second kappa shape index (κ2) is 7.71. The Kier molecular flexibility index (Phi) is 4.66. The number of nitrogens with zero attached hydrogens (tertiary/aromatic N) is 5. The van der Waals surface area contributed by atoms with E-state index < -0.39 is 0 Å². The van der Waals surface area contributed by atoms with Gasteiger partial charge in [-0.1, -0.05) is 0 Å². The van der Waals surface area contributed by atoms with E-state index in [9.17, 15) is 4.79 Å². The van der Waals surface area contributed by atoms with Gasteiger partial charge in [0.2, 0.25) is 5.91 Å². The summed E-state index contributed by atoms with van der Waals surface area (Å²) in [6, 6.07) is 6.14. The Balaban J connectivity index is 1.31. The smallest absolute Gasteiger partial charge is 0.226 e. The fourth-order valence-electron chi connectivity index (χ4n) is 4.78. The molecular weight excluding hydrogens is 438 g/mol. The monoisotopic (exact) mass is 459 g/mol. The average Bonchev–Trinajstić information content (AvgIpc) is 3.41. The molecule has 166 valence electrons. The van der Waals surface area contributed by atoms with Crippen molar-refractivity contribution >= 4 is 49.9 Å². The maximum Gasteiger partial charge on any atom is 0.226 e. The molecule has 4 aromatic rings. The molecule has 6 rings (SSSR count). The fraction of sp³-hybridized carbons (Fsp3) is 0.348. The molecule has 1 fully saturated rings. The highest BCUT2D eigenvalue weighted by atomic mass is 32.1. The SMILES string of the molecule is COc1cc2[nH]ncc2cc1Nc1ncnc2sc3c(c12)CCC(C(=O)N1CC(C#N)C1)C3. The van der Waals surface area contributed by atoms with Gasteiger partial charge in [-0.05, 0) is 30.9 Å². The number of hydrogen-bond donors (Lipinski definition) is 2. The molecule has 1 aliphatic carbocycles. The number of thiophene rings is 1. The predicted molar refractivity (Wildman–Crippen MR) is 125 cm³/mol. The predicted octanol–water partition coefficient (Wildman–Crippen LogP) is 3.41. The quantitative estimate of drug-likeness (QED) is 0.480. The molecule has 1 unspecified atom stereocenters. The number of aryl methyl sites for hydroxylation is 1. The topological polar surface area (TPSA) is 120 Å². The first-order valence-corrected chi connectivity index (χ1v) is 11.7. The zero-order valence-corrected chi connectivity index (χ0v) is 18.8. The summed E-state index contributed by atoms with van der Waals surface area (Å²) in [5, 5.41) is 21.5. The number of rotatable bonds is 4. The molecule has 3 aromatic heterocycles. The van der Waals surface area contributed by atoms with Crippen LogP contribution in [0.2, 0.25) is 0 Å². The summed E-state index contributed by atoms with van der Waals surface area (Å²) >= 11 is 1.64. The third-order valence-electron chi connectivity index (χ3n) is 6.58. The lowest BCUT2D eigenvalue weighted by Crippen LogP contribution is -2.52. The molecular formula is C23H21N7O2S. The number of hydrogen-bond acceptors (Lipinski definition) is 8. The number of H-pyrrole nitrogens is 1. The van der Waals surface area contributed by atoms with E-state index in [1.54, 1.807) is 31.0 Å². The Labute approximate surface area is 193 Å². The van der Waals surface area contributed by atoms with Crippen molar-refractivity contribution in [1.82, 2.24) is 25.1 Å². The highest BCUT2D eigenvalue weighted by Gasteiger charge is 2.37. The van der Waals surface area contributed by atoms with Gasteiger partial charge in [0.25, 0.3) is 0 Å². The Morgan fingerprint density at radius 2 is 2.24 bits per heavy atom. The third kappa shape index (κ3) is 3.27. The number of amides is 1. The summed E-state index contributed by atoms with van der Waals surface area (Å²) in [4.78, 5) is 25.9. The lowest BCUT2D eigenvalue weighted by Gasteiger charge is -2.38. The average molecular weight is 460 g/mol. The number of aromatic amines is 1. The second-order valence-electron chi connectivity index (χ2n) is 8.55. The highest BCUT2D eigenvalue weighted by molar-refractivity contribution is 7.19. The first kappa shape index (κ1) is 19.9. The minimum Gasteiger partial charge on any atom is -0.494 e. The zero-order chi connectivity index (χ0) is 22.5. The van der Waals surface area contributed by atoms with Crippen LogP contribution in [0.1, 0.15) is 16.9 Å². The van der Waals surface area contributed by atoms with Crippen molar-refractivity contribution in [1.29, 1.82) is 5.26 Å². The Bertz CT molecular complexity index is 1430. The van der Waals surface area contributed by atoms with Crippen LogP contribution in [-0.4, -0.2) is 51.2 Å².